The maximum atomic E-state index is 13.3. The number of Topliss-reactive ketones (excluding diaryl/α,β-unsaturated/α-hetero) is 1. The van der Waals surface area contributed by atoms with Crippen molar-refractivity contribution in [2.24, 2.45) is 0 Å². The van der Waals surface area contributed by atoms with E-state index >= 15 is 0 Å². The van der Waals surface area contributed by atoms with E-state index in [2.05, 4.69) is 4.90 Å². The van der Waals surface area contributed by atoms with E-state index in [1.807, 2.05) is 31.2 Å². The number of carbonyl (C=O) groups excluding carboxylic acids is 2. The molecule has 1 N–H and O–H groups in total. The molecule has 1 atom stereocenters. The van der Waals surface area contributed by atoms with E-state index in [0.717, 1.165) is 43.7 Å². The predicted molar refractivity (Wildman–Crippen MR) is 134 cm³/mol. The van der Waals surface area contributed by atoms with Crippen molar-refractivity contribution in [3.63, 3.8) is 0 Å². The van der Waals surface area contributed by atoms with Gasteiger partial charge in [-0.25, -0.2) is 0 Å². The van der Waals surface area contributed by atoms with Crippen molar-refractivity contribution in [3.05, 3.63) is 59.2 Å². The van der Waals surface area contributed by atoms with E-state index in [0.29, 0.717) is 50.0 Å². The lowest BCUT2D eigenvalue weighted by Crippen LogP contribution is -2.37. The van der Waals surface area contributed by atoms with Crippen molar-refractivity contribution in [2.45, 2.75) is 32.2 Å². The van der Waals surface area contributed by atoms with E-state index in [1.165, 1.54) is 0 Å². The van der Waals surface area contributed by atoms with Crippen molar-refractivity contribution < 1.29 is 28.9 Å². The molecule has 0 aromatic heterocycles. The highest BCUT2D eigenvalue weighted by molar-refractivity contribution is 6.46. The molecule has 8 nitrogen and oxygen atoms in total. The summed E-state index contributed by atoms with van der Waals surface area (Å²) in [6.45, 7) is 6.60. The molecule has 2 aromatic carbocycles. The van der Waals surface area contributed by atoms with E-state index in [9.17, 15) is 14.7 Å². The van der Waals surface area contributed by atoms with Gasteiger partial charge in [0.2, 0.25) is 0 Å². The highest BCUT2D eigenvalue weighted by atomic mass is 16.6. The van der Waals surface area contributed by atoms with Crippen LogP contribution in [-0.4, -0.2) is 72.6 Å². The molecule has 8 heteroatoms. The molecule has 3 aliphatic heterocycles. The Morgan fingerprint density at radius 2 is 1.72 bits per heavy atom. The Morgan fingerprint density at radius 1 is 1.00 bits per heavy atom. The molecule has 1 unspecified atom stereocenters. The molecule has 3 heterocycles. The van der Waals surface area contributed by atoms with Crippen LogP contribution < -0.4 is 14.2 Å². The number of rotatable bonds is 8. The fourth-order valence-corrected chi connectivity index (χ4v) is 5.02. The topological polar surface area (TPSA) is 88.5 Å². The molecular formula is C28H32N2O6. The minimum absolute atomic E-state index is 0.0836. The Morgan fingerprint density at radius 3 is 2.44 bits per heavy atom. The number of ketones is 1. The third kappa shape index (κ3) is 4.78. The molecule has 1 amide bonds. The molecule has 3 aliphatic rings. The van der Waals surface area contributed by atoms with Gasteiger partial charge < -0.3 is 29.1 Å². The summed E-state index contributed by atoms with van der Waals surface area (Å²) in [6.07, 6.45) is 3.19. The van der Waals surface area contributed by atoms with Gasteiger partial charge in [-0.05, 0) is 68.2 Å². The maximum Gasteiger partial charge on any atom is 0.295 e. The molecule has 190 valence electrons. The number of fused-ring (bicyclic) bond motifs is 1. The van der Waals surface area contributed by atoms with E-state index < -0.39 is 17.7 Å². The van der Waals surface area contributed by atoms with Gasteiger partial charge in [-0.2, -0.15) is 0 Å². The number of ether oxygens (including phenoxy) is 3. The summed E-state index contributed by atoms with van der Waals surface area (Å²) in [4.78, 5) is 30.4. The average Bonchev–Trinajstić information content (AvgIpc) is 3.52. The highest BCUT2D eigenvalue weighted by Gasteiger charge is 2.46. The zero-order chi connectivity index (χ0) is 25.1. The zero-order valence-electron chi connectivity index (χ0n) is 20.6. The molecule has 5 rings (SSSR count). The number of aliphatic hydroxyl groups excluding tert-OH is 1. The molecule has 0 spiro atoms. The number of hydrogen-bond acceptors (Lipinski definition) is 7. The number of amides is 1. The first-order valence-corrected chi connectivity index (χ1v) is 12.7. The molecule has 2 saturated heterocycles. The minimum atomic E-state index is -0.693. The largest absolute Gasteiger partial charge is 0.507 e. The second kappa shape index (κ2) is 10.6. The van der Waals surface area contributed by atoms with Crippen LogP contribution in [0.15, 0.2) is 48.0 Å². The predicted octanol–water partition coefficient (Wildman–Crippen LogP) is 3.76. The first-order valence-electron chi connectivity index (χ1n) is 12.7. The smallest absolute Gasteiger partial charge is 0.295 e. The van der Waals surface area contributed by atoms with Crippen LogP contribution >= 0.6 is 0 Å². The van der Waals surface area contributed by atoms with Crippen molar-refractivity contribution in [2.75, 3.05) is 46.0 Å². The van der Waals surface area contributed by atoms with Gasteiger partial charge in [0.15, 0.2) is 11.5 Å². The van der Waals surface area contributed by atoms with Crippen molar-refractivity contribution in [1.82, 2.24) is 9.80 Å². The van der Waals surface area contributed by atoms with Crippen molar-refractivity contribution in [1.29, 1.82) is 0 Å². The monoisotopic (exact) mass is 492 g/mol. The molecule has 0 aliphatic carbocycles. The van der Waals surface area contributed by atoms with Gasteiger partial charge in [-0.1, -0.05) is 19.1 Å². The first kappa shape index (κ1) is 24.2. The van der Waals surface area contributed by atoms with Crippen LogP contribution in [0.4, 0.5) is 0 Å². The number of carbonyl (C=O) groups is 2. The van der Waals surface area contributed by atoms with Crippen molar-refractivity contribution >= 4 is 17.4 Å². The zero-order valence-corrected chi connectivity index (χ0v) is 20.6. The van der Waals surface area contributed by atoms with Crippen LogP contribution in [0.1, 0.15) is 43.4 Å². The van der Waals surface area contributed by atoms with E-state index in [1.54, 1.807) is 23.1 Å². The highest BCUT2D eigenvalue weighted by Crippen LogP contribution is 2.41. The standard InChI is InChI=1S/C28H32N2O6/c1-2-15-34-21-8-5-19(6-9-21)25-24(26(31)20-7-10-22-23(18-20)36-17-16-35-22)27(32)28(33)30(25)14-13-29-11-3-4-12-29/h5-10,18,25,31H,2-4,11-17H2,1H3/b26-24+. The third-order valence-electron chi connectivity index (χ3n) is 6.88. The number of aliphatic hydroxyl groups is 1. The Labute approximate surface area is 211 Å². The summed E-state index contributed by atoms with van der Waals surface area (Å²) in [5.41, 5.74) is 1.24. The number of nitrogens with zero attached hydrogens (tertiary/aromatic N) is 2. The van der Waals surface area contributed by atoms with Gasteiger partial charge in [0.1, 0.15) is 24.7 Å². The molecular weight excluding hydrogens is 460 g/mol. The fourth-order valence-electron chi connectivity index (χ4n) is 5.02. The Kier molecular flexibility index (Phi) is 7.13. The SMILES string of the molecule is CCCOc1ccc(C2/C(=C(\O)c3ccc4c(c3)OCCO4)C(=O)C(=O)N2CCN2CCCC2)cc1. The van der Waals surface area contributed by atoms with Gasteiger partial charge in [0, 0.05) is 18.7 Å². The van der Waals surface area contributed by atoms with Crippen LogP contribution in [0.25, 0.3) is 5.76 Å². The Hall–Kier alpha value is -3.52. The van der Waals surface area contributed by atoms with Crippen LogP contribution in [0.2, 0.25) is 0 Å². The Bertz CT molecular complexity index is 1150. The van der Waals surface area contributed by atoms with Gasteiger partial charge in [0.05, 0.1) is 18.2 Å². The quantitative estimate of drug-likeness (QED) is 0.341. The van der Waals surface area contributed by atoms with E-state index in [4.69, 9.17) is 14.2 Å². The number of likely N-dealkylation sites (tertiary alicyclic amines) is 2. The average molecular weight is 493 g/mol. The molecule has 0 bridgehead atoms. The lowest BCUT2D eigenvalue weighted by atomic mass is 9.95. The summed E-state index contributed by atoms with van der Waals surface area (Å²) in [5, 5.41) is 11.4. The van der Waals surface area contributed by atoms with Gasteiger partial charge in [-0.3, -0.25) is 9.59 Å². The number of hydrogen-bond donors (Lipinski definition) is 1. The number of benzene rings is 2. The fraction of sp³-hybridized carbons (Fsp3) is 0.429. The lowest BCUT2D eigenvalue weighted by Gasteiger charge is -2.27. The summed E-state index contributed by atoms with van der Waals surface area (Å²) in [5.74, 6) is 0.321. The Balaban J connectivity index is 1.52. The van der Waals surface area contributed by atoms with Gasteiger partial charge >= 0.3 is 0 Å². The summed E-state index contributed by atoms with van der Waals surface area (Å²) in [6, 6.07) is 11.8. The van der Waals surface area contributed by atoms with Crippen LogP contribution in [0.3, 0.4) is 0 Å². The molecule has 0 saturated carbocycles. The molecule has 2 fully saturated rings. The lowest BCUT2D eigenvalue weighted by molar-refractivity contribution is -0.140. The minimum Gasteiger partial charge on any atom is -0.507 e. The maximum absolute atomic E-state index is 13.3. The normalized spacial score (nSPS) is 21.2. The summed E-state index contributed by atoms with van der Waals surface area (Å²) < 4.78 is 17.0. The molecule has 36 heavy (non-hydrogen) atoms. The van der Waals surface area contributed by atoms with Gasteiger partial charge in [0.25, 0.3) is 11.7 Å². The first-order chi connectivity index (χ1) is 17.6. The molecule has 0 radical (unpaired) electrons. The summed E-state index contributed by atoms with van der Waals surface area (Å²) >= 11 is 0. The van der Waals surface area contributed by atoms with Crippen LogP contribution in [-0.2, 0) is 9.59 Å². The van der Waals surface area contributed by atoms with E-state index in [-0.39, 0.29) is 11.3 Å². The third-order valence-corrected chi connectivity index (χ3v) is 6.88. The van der Waals surface area contributed by atoms with Crippen molar-refractivity contribution in [3.8, 4) is 17.2 Å². The second-order valence-electron chi connectivity index (χ2n) is 9.32. The van der Waals surface area contributed by atoms with Gasteiger partial charge in [-0.15, -0.1) is 0 Å². The molecule has 2 aromatic rings. The summed E-state index contributed by atoms with van der Waals surface area (Å²) in [7, 11) is 0. The van der Waals surface area contributed by atoms with Crippen LogP contribution in [0, 0.1) is 0 Å². The van der Waals surface area contributed by atoms with Crippen LogP contribution in [0.5, 0.6) is 17.2 Å². The second-order valence-corrected chi connectivity index (χ2v) is 9.32.